The van der Waals surface area contributed by atoms with Crippen LogP contribution in [0.15, 0.2) is 89.8 Å². The van der Waals surface area contributed by atoms with Crippen molar-refractivity contribution in [1.29, 1.82) is 0 Å². The van der Waals surface area contributed by atoms with Crippen LogP contribution in [-0.2, 0) is 10.0 Å². The molecule has 0 aliphatic carbocycles. The lowest BCUT2D eigenvalue weighted by Crippen LogP contribution is -2.41. The summed E-state index contributed by atoms with van der Waals surface area (Å²) in [4.78, 5) is 14.5. The molecule has 3 aromatic rings. The molecule has 0 spiro atoms. The van der Waals surface area contributed by atoms with Crippen LogP contribution < -0.4 is 10.3 Å². The maximum Gasteiger partial charge on any atom is 0.266 e. The molecule has 25 heavy (non-hydrogen) atoms. The van der Waals surface area contributed by atoms with Crippen molar-refractivity contribution in [3.8, 4) is 11.1 Å². The van der Waals surface area contributed by atoms with Gasteiger partial charge in [-0.2, -0.15) is 0 Å². The molecule has 1 amide bonds. The van der Waals surface area contributed by atoms with Crippen molar-refractivity contribution in [3.63, 3.8) is 0 Å². The molecule has 0 unspecified atom stereocenters. The molecule has 6 heteroatoms. The second-order valence-corrected chi connectivity index (χ2v) is 7.00. The fraction of sp³-hybridized carbons (Fsp3) is 0. The Hall–Kier alpha value is -2.96. The van der Waals surface area contributed by atoms with Gasteiger partial charge in [0.1, 0.15) is 0 Å². The maximum absolute atomic E-state index is 12.3. The van der Waals surface area contributed by atoms with Gasteiger partial charge in [0.15, 0.2) is 0 Å². The van der Waals surface area contributed by atoms with Crippen molar-refractivity contribution in [1.82, 2.24) is 10.3 Å². The Morgan fingerprint density at radius 1 is 0.720 bits per heavy atom. The standard InChI is InChI=1S/C19H16N2O3S/c22-19(20-21-25(23,24)18-12-5-2-6-13-18)17-11-7-10-16(14-17)15-8-3-1-4-9-15/h1-14,21H,(H,20,22). The van der Waals surface area contributed by atoms with Gasteiger partial charge < -0.3 is 0 Å². The Labute approximate surface area is 146 Å². The molecule has 0 radical (unpaired) electrons. The molecule has 0 aliphatic rings. The predicted molar refractivity (Wildman–Crippen MR) is 96.1 cm³/mol. The van der Waals surface area contributed by atoms with Crippen LogP contribution in [0, 0.1) is 0 Å². The lowest BCUT2D eigenvalue weighted by Gasteiger charge is -2.09. The zero-order valence-corrected chi connectivity index (χ0v) is 14.0. The first-order valence-electron chi connectivity index (χ1n) is 7.59. The van der Waals surface area contributed by atoms with Gasteiger partial charge in [-0.3, -0.25) is 10.2 Å². The van der Waals surface area contributed by atoms with E-state index >= 15 is 0 Å². The van der Waals surface area contributed by atoms with Gasteiger partial charge in [-0.15, -0.1) is 4.83 Å². The number of nitrogens with one attached hydrogen (secondary N) is 2. The fourth-order valence-corrected chi connectivity index (χ4v) is 3.18. The van der Waals surface area contributed by atoms with Gasteiger partial charge in [0.2, 0.25) is 0 Å². The molecule has 3 aromatic carbocycles. The van der Waals surface area contributed by atoms with Gasteiger partial charge in [-0.05, 0) is 35.4 Å². The van der Waals surface area contributed by atoms with E-state index in [0.29, 0.717) is 5.56 Å². The summed E-state index contributed by atoms with van der Waals surface area (Å²) in [5, 5.41) is 0. The molecule has 0 saturated heterocycles. The van der Waals surface area contributed by atoms with E-state index in [9.17, 15) is 13.2 Å². The lowest BCUT2D eigenvalue weighted by atomic mass is 10.0. The zero-order valence-electron chi connectivity index (χ0n) is 13.2. The molecule has 0 aliphatic heterocycles. The highest BCUT2D eigenvalue weighted by molar-refractivity contribution is 7.89. The van der Waals surface area contributed by atoms with E-state index in [4.69, 9.17) is 0 Å². The SMILES string of the molecule is O=C(NNS(=O)(=O)c1ccccc1)c1cccc(-c2ccccc2)c1. The third kappa shape index (κ3) is 4.12. The Morgan fingerprint density at radius 3 is 2.00 bits per heavy atom. The molecule has 126 valence electrons. The van der Waals surface area contributed by atoms with E-state index in [1.807, 2.05) is 36.4 Å². The van der Waals surface area contributed by atoms with E-state index in [2.05, 4.69) is 10.3 Å². The van der Waals surface area contributed by atoms with Crippen LogP contribution in [0.3, 0.4) is 0 Å². The van der Waals surface area contributed by atoms with E-state index in [1.165, 1.54) is 12.1 Å². The van der Waals surface area contributed by atoms with Crippen LogP contribution in [0.25, 0.3) is 11.1 Å². The third-order valence-electron chi connectivity index (χ3n) is 3.58. The molecule has 0 bridgehead atoms. The molecule has 0 aromatic heterocycles. The van der Waals surface area contributed by atoms with Crippen LogP contribution in [0.2, 0.25) is 0 Å². The summed E-state index contributed by atoms with van der Waals surface area (Å²) in [7, 11) is -3.81. The summed E-state index contributed by atoms with van der Waals surface area (Å²) in [6.07, 6.45) is 0. The first kappa shape index (κ1) is 16.9. The highest BCUT2D eigenvalue weighted by Crippen LogP contribution is 2.19. The minimum atomic E-state index is -3.81. The second kappa shape index (κ2) is 7.29. The second-order valence-electron chi connectivity index (χ2n) is 5.32. The highest BCUT2D eigenvalue weighted by atomic mass is 32.2. The van der Waals surface area contributed by atoms with Crippen molar-refractivity contribution in [2.75, 3.05) is 0 Å². The number of hydrogen-bond acceptors (Lipinski definition) is 3. The molecule has 0 atom stereocenters. The van der Waals surface area contributed by atoms with Crippen molar-refractivity contribution in [2.45, 2.75) is 4.90 Å². The normalized spacial score (nSPS) is 11.0. The molecule has 0 fully saturated rings. The van der Waals surface area contributed by atoms with Gasteiger partial charge in [-0.25, -0.2) is 8.42 Å². The van der Waals surface area contributed by atoms with Crippen molar-refractivity contribution < 1.29 is 13.2 Å². The van der Waals surface area contributed by atoms with E-state index < -0.39 is 15.9 Å². The number of rotatable bonds is 5. The van der Waals surface area contributed by atoms with E-state index in [0.717, 1.165) is 11.1 Å². The van der Waals surface area contributed by atoms with E-state index in [1.54, 1.807) is 36.4 Å². The average Bonchev–Trinajstić information content (AvgIpc) is 2.68. The van der Waals surface area contributed by atoms with Crippen molar-refractivity contribution in [3.05, 3.63) is 90.5 Å². The van der Waals surface area contributed by atoms with Gasteiger partial charge in [0.05, 0.1) is 4.90 Å². The number of benzene rings is 3. The first-order valence-corrected chi connectivity index (χ1v) is 9.07. The number of carbonyl (C=O) groups excluding carboxylic acids is 1. The Kier molecular flexibility index (Phi) is 4.92. The largest absolute Gasteiger partial charge is 0.273 e. The highest BCUT2D eigenvalue weighted by Gasteiger charge is 2.15. The molecular weight excluding hydrogens is 336 g/mol. The maximum atomic E-state index is 12.3. The molecule has 5 nitrogen and oxygen atoms in total. The summed E-state index contributed by atoms with van der Waals surface area (Å²) in [6.45, 7) is 0. The topological polar surface area (TPSA) is 75.3 Å². The smallest absolute Gasteiger partial charge is 0.266 e. The average molecular weight is 352 g/mol. The van der Waals surface area contributed by atoms with Crippen LogP contribution in [-0.4, -0.2) is 14.3 Å². The summed E-state index contributed by atoms with van der Waals surface area (Å²) < 4.78 is 24.3. The van der Waals surface area contributed by atoms with Crippen LogP contribution >= 0.6 is 0 Å². The van der Waals surface area contributed by atoms with Gasteiger partial charge in [-0.1, -0.05) is 60.7 Å². The van der Waals surface area contributed by atoms with Crippen LogP contribution in [0.4, 0.5) is 0 Å². The Balaban J connectivity index is 1.74. The molecule has 0 heterocycles. The van der Waals surface area contributed by atoms with Crippen LogP contribution in [0.5, 0.6) is 0 Å². The third-order valence-corrected chi connectivity index (χ3v) is 4.85. The Morgan fingerprint density at radius 2 is 1.32 bits per heavy atom. The monoisotopic (exact) mass is 352 g/mol. The quantitative estimate of drug-likeness (QED) is 0.693. The van der Waals surface area contributed by atoms with Crippen molar-refractivity contribution >= 4 is 15.9 Å². The summed E-state index contributed by atoms with van der Waals surface area (Å²) in [6, 6.07) is 24.4. The number of amides is 1. The molecule has 3 rings (SSSR count). The lowest BCUT2D eigenvalue weighted by molar-refractivity contribution is 0.0945. The van der Waals surface area contributed by atoms with E-state index in [-0.39, 0.29) is 4.90 Å². The number of sulfonamides is 1. The molecule has 2 N–H and O–H groups in total. The number of hydrogen-bond donors (Lipinski definition) is 2. The van der Waals surface area contributed by atoms with Crippen LogP contribution in [0.1, 0.15) is 10.4 Å². The Bertz CT molecular complexity index is 972. The van der Waals surface area contributed by atoms with Gasteiger partial charge in [0, 0.05) is 5.56 Å². The summed E-state index contributed by atoms with van der Waals surface area (Å²) in [5.74, 6) is -0.530. The zero-order chi connectivity index (χ0) is 17.7. The van der Waals surface area contributed by atoms with Crippen molar-refractivity contribution in [2.24, 2.45) is 0 Å². The molecule has 0 saturated carbocycles. The number of carbonyl (C=O) groups is 1. The molecular formula is C19H16N2O3S. The minimum Gasteiger partial charge on any atom is -0.273 e. The summed E-state index contributed by atoms with van der Waals surface area (Å²) >= 11 is 0. The van der Waals surface area contributed by atoms with Gasteiger partial charge in [0.25, 0.3) is 15.9 Å². The first-order chi connectivity index (χ1) is 12.1. The number of hydrazine groups is 1. The summed E-state index contributed by atoms with van der Waals surface area (Å²) in [5.41, 5.74) is 4.45. The predicted octanol–water partition coefficient (Wildman–Crippen LogP) is 2.98. The minimum absolute atomic E-state index is 0.0772. The van der Waals surface area contributed by atoms with Gasteiger partial charge >= 0.3 is 0 Å². The fourth-order valence-electron chi connectivity index (χ4n) is 2.31.